The number of carbonyl (C=O) groups excluding carboxylic acids is 1. The third-order valence-electron chi connectivity index (χ3n) is 0.618. The Balaban J connectivity index is 0. The van der Waals surface area contributed by atoms with Crippen LogP contribution in [0.1, 0.15) is 6.42 Å². The molecular weight excluding hydrogens is 133 g/mol. The van der Waals surface area contributed by atoms with Crippen LogP contribution in [0.25, 0.3) is 0 Å². The number of carboxylic acids is 1. The predicted molar refractivity (Wildman–Crippen MR) is 24.7 cm³/mol. The van der Waals surface area contributed by atoms with Crippen molar-refractivity contribution in [2.75, 3.05) is 13.3 Å². The fraction of sp³-hybridized carbons (Fsp3) is 0.750. The summed E-state index contributed by atoms with van der Waals surface area (Å²) in [5.74, 6) is -1.11. The average Bonchev–Trinajstić information content (AvgIpc) is 1.66. The van der Waals surface area contributed by atoms with Crippen LogP contribution >= 0.6 is 0 Å². The van der Waals surface area contributed by atoms with Crippen molar-refractivity contribution >= 4 is 5.97 Å². The standard InChI is InChI=1S/C4H9NO3.Na/c6-3-5-2-1-4(7)8;/h5-6H,1-3H2,(H,7,8);/q;+1/p-1. The monoisotopic (exact) mass is 141 g/mol. The molecule has 0 spiro atoms. The van der Waals surface area contributed by atoms with E-state index >= 15 is 0 Å². The number of aliphatic hydroxyl groups is 1. The third-order valence-corrected chi connectivity index (χ3v) is 0.618. The summed E-state index contributed by atoms with van der Waals surface area (Å²) in [6.07, 6.45) is -0.0550. The smallest absolute Gasteiger partial charge is 0.550 e. The maximum absolute atomic E-state index is 9.64. The molecule has 0 heterocycles. The molecule has 0 radical (unpaired) electrons. The largest absolute Gasteiger partial charge is 1.00 e. The summed E-state index contributed by atoms with van der Waals surface area (Å²) < 4.78 is 0. The van der Waals surface area contributed by atoms with Gasteiger partial charge in [0.15, 0.2) is 0 Å². The first-order valence-electron chi connectivity index (χ1n) is 2.29. The molecule has 0 atom stereocenters. The summed E-state index contributed by atoms with van der Waals surface area (Å²) in [4.78, 5) is 9.64. The maximum Gasteiger partial charge on any atom is 1.00 e. The van der Waals surface area contributed by atoms with Crippen molar-refractivity contribution in [2.24, 2.45) is 0 Å². The van der Waals surface area contributed by atoms with E-state index in [1.165, 1.54) is 0 Å². The molecule has 0 rings (SSSR count). The quantitative estimate of drug-likeness (QED) is 0.233. The minimum absolute atomic E-state index is 0. The van der Waals surface area contributed by atoms with E-state index in [2.05, 4.69) is 5.32 Å². The number of carbonyl (C=O) groups is 1. The number of aliphatic hydroxyl groups excluding tert-OH is 1. The van der Waals surface area contributed by atoms with Gasteiger partial charge in [0.2, 0.25) is 0 Å². The number of nitrogens with one attached hydrogen (secondary N) is 1. The summed E-state index contributed by atoms with van der Waals surface area (Å²) in [5, 5.41) is 20.1. The first-order chi connectivity index (χ1) is 3.77. The van der Waals surface area contributed by atoms with E-state index in [0.29, 0.717) is 0 Å². The van der Waals surface area contributed by atoms with Crippen molar-refractivity contribution < 1.29 is 44.6 Å². The number of rotatable bonds is 4. The van der Waals surface area contributed by atoms with Crippen molar-refractivity contribution in [3.8, 4) is 0 Å². The molecule has 5 heteroatoms. The van der Waals surface area contributed by atoms with Gasteiger partial charge < -0.3 is 15.0 Å². The number of hydrogen-bond donors (Lipinski definition) is 2. The van der Waals surface area contributed by atoms with Gasteiger partial charge in [-0.05, 0) is 6.42 Å². The van der Waals surface area contributed by atoms with Gasteiger partial charge in [-0.1, -0.05) is 0 Å². The molecule has 4 nitrogen and oxygen atoms in total. The number of hydrogen-bond acceptors (Lipinski definition) is 4. The molecule has 0 bridgehead atoms. The molecule has 0 aliphatic carbocycles. The number of carboxylic acid groups (broad SMARTS) is 1. The Kier molecular flexibility index (Phi) is 11.3. The second kappa shape index (κ2) is 8.39. The molecule has 0 unspecified atom stereocenters. The Labute approximate surface area is 75.5 Å². The van der Waals surface area contributed by atoms with Gasteiger partial charge in [0, 0.05) is 12.5 Å². The van der Waals surface area contributed by atoms with E-state index in [1.54, 1.807) is 0 Å². The molecule has 48 valence electrons. The van der Waals surface area contributed by atoms with Crippen molar-refractivity contribution in [2.45, 2.75) is 6.42 Å². The summed E-state index contributed by atoms with van der Waals surface area (Å²) in [7, 11) is 0. The van der Waals surface area contributed by atoms with Gasteiger partial charge in [-0.2, -0.15) is 0 Å². The van der Waals surface area contributed by atoms with Crippen molar-refractivity contribution in [3.63, 3.8) is 0 Å². The van der Waals surface area contributed by atoms with Gasteiger partial charge in [-0.25, -0.2) is 0 Å². The summed E-state index contributed by atoms with van der Waals surface area (Å²) in [5.41, 5.74) is 0. The molecule has 0 saturated carbocycles. The Morgan fingerprint density at radius 1 is 1.67 bits per heavy atom. The van der Waals surface area contributed by atoms with Crippen LogP contribution in [-0.4, -0.2) is 24.4 Å². The van der Waals surface area contributed by atoms with Crippen LogP contribution in [0.15, 0.2) is 0 Å². The van der Waals surface area contributed by atoms with E-state index in [4.69, 9.17) is 5.11 Å². The molecule has 0 aliphatic rings. The van der Waals surface area contributed by atoms with Gasteiger partial charge in [0.1, 0.15) is 0 Å². The molecule has 0 aromatic rings. The zero-order valence-corrected chi connectivity index (χ0v) is 7.39. The van der Waals surface area contributed by atoms with Gasteiger partial charge in [0.05, 0.1) is 6.73 Å². The Bertz CT molecular complexity index is 78.2. The number of aliphatic carboxylic acids is 1. The minimum Gasteiger partial charge on any atom is -0.550 e. The predicted octanol–water partition coefficient (Wildman–Crippen LogP) is -5.33. The van der Waals surface area contributed by atoms with Crippen molar-refractivity contribution in [3.05, 3.63) is 0 Å². The molecule has 0 fully saturated rings. The second-order valence-electron chi connectivity index (χ2n) is 1.28. The Morgan fingerprint density at radius 3 is 2.56 bits per heavy atom. The molecule has 2 N–H and O–H groups in total. The van der Waals surface area contributed by atoms with E-state index < -0.39 is 5.97 Å². The van der Waals surface area contributed by atoms with Gasteiger partial charge in [0.25, 0.3) is 0 Å². The van der Waals surface area contributed by atoms with E-state index in [0.717, 1.165) is 0 Å². The molecule has 0 amide bonds. The Morgan fingerprint density at radius 2 is 2.22 bits per heavy atom. The van der Waals surface area contributed by atoms with Crippen LogP contribution in [0.2, 0.25) is 0 Å². The van der Waals surface area contributed by atoms with Crippen molar-refractivity contribution in [1.29, 1.82) is 0 Å². The van der Waals surface area contributed by atoms with Crippen LogP contribution in [0.3, 0.4) is 0 Å². The topological polar surface area (TPSA) is 72.4 Å². The van der Waals surface area contributed by atoms with Crippen LogP contribution in [0, 0.1) is 0 Å². The molecule has 0 aromatic carbocycles. The minimum atomic E-state index is -1.11. The van der Waals surface area contributed by atoms with Crippen LogP contribution in [-0.2, 0) is 4.79 Å². The van der Waals surface area contributed by atoms with E-state index in [-0.39, 0.29) is 49.3 Å². The fourth-order valence-corrected chi connectivity index (χ4v) is 0.270. The van der Waals surface area contributed by atoms with E-state index in [1.807, 2.05) is 0 Å². The summed E-state index contributed by atoms with van der Waals surface area (Å²) in [6.45, 7) is 0.0755. The molecule has 0 saturated heterocycles. The second-order valence-corrected chi connectivity index (χ2v) is 1.28. The molecular formula is C4H8NNaO3. The zero-order chi connectivity index (χ0) is 6.41. The van der Waals surface area contributed by atoms with Gasteiger partial charge >= 0.3 is 29.6 Å². The SMILES string of the molecule is O=C([O-])CCNCO.[Na+]. The third kappa shape index (κ3) is 11.8. The fourth-order valence-electron chi connectivity index (χ4n) is 0.270. The molecule has 9 heavy (non-hydrogen) atoms. The van der Waals surface area contributed by atoms with Gasteiger partial charge in [-0.15, -0.1) is 0 Å². The van der Waals surface area contributed by atoms with E-state index in [9.17, 15) is 9.90 Å². The summed E-state index contributed by atoms with van der Waals surface area (Å²) in [6, 6.07) is 0. The molecule has 0 aromatic heterocycles. The normalized spacial score (nSPS) is 8.11. The first kappa shape index (κ1) is 12.1. The van der Waals surface area contributed by atoms with Crippen LogP contribution < -0.4 is 40.0 Å². The zero-order valence-electron chi connectivity index (χ0n) is 5.39. The first-order valence-corrected chi connectivity index (χ1v) is 2.29. The van der Waals surface area contributed by atoms with Crippen LogP contribution in [0.4, 0.5) is 0 Å². The van der Waals surface area contributed by atoms with Crippen molar-refractivity contribution in [1.82, 2.24) is 5.32 Å². The van der Waals surface area contributed by atoms with Crippen LogP contribution in [0.5, 0.6) is 0 Å². The molecule has 0 aliphatic heterocycles. The maximum atomic E-state index is 9.64. The summed E-state index contributed by atoms with van der Waals surface area (Å²) >= 11 is 0. The average molecular weight is 141 g/mol. The van der Waals surface area contributed by atoms with Gasteiger partial charge in [-0.3, -0.25) is 5.32 Å². The Hall–Kier alpha value is 0.390.